The molecule has 0 atom stereocenters. The van der Waals surface area contributed by atoms with Gasteiger partial charge in [0.25, 0.3) is 0 Å². The Morgan fingerprint density at radius 2 is 2.05 bits per heavy atom. The van der Waals surface area contributed by atoms with Crippen LogP contribution in [0.4, 0.5) is 10.2 Å². The van der Waals surface area contributed by atoms with Gasteiger partial charge in [-0.2, -0.15) is 4.39 Å². The standard InChI is InChI=1S/C14H21FN4O/c1-11(2)16-14(20)10-18-6-8-19(9-7-18)13-5-3-4-12(15)17-13/h3-5,11H,6-10H2,1-2H3,(H,16,20). The summed E-state index contributed by atoms with van der Waals surface area (Å²) in [6.45, 7) is 7.39. The van der Waals surface area contributed by atoms with Crippen LogP contribution in [0.15, 0.2) is 18.2 Å². The number of carbonyl (C=O) groups excluding carboxylic acids is 1. The Morgan fingerprint density at radius 1 is 1.35 bits per heavy atom. The van der Waals surface area contributed by atoms with Gasteiger partial charge in [0.2, 0.25) is 11.9 Å². The predicted octanol–water partition coefficient (Wildman–Crippen LogP) is 0.867. The summed E-state index contributed by atoms with van der Waals surface area (Å²) < 4.78 is 13.1. The Hall–Kier alpha value is -1.69. The lowest BCUT2D eigenvalue weighted by molar-refractivity contribution is -0.122. The largest absolute Gasteiger partial charge is 0.354 e. The zero-order valence-electron chi connectivity index (χ0n) is 12.0. The van der Waals surface area contributed by atoms with Gasteiger partial charge in [-0.1, -0.05) is 6.07 Å². The molecule has 5 nitrogen and oxygen atoms in total. The number of hydrogen-bond donors (Lipinski definition) is 1. The molecule has 1 amide bonds. The number of nitrogens with zero attached hydrogens (tertiary/aromatic N) is 3. The Labute approximate surface area is 118 Å². The summed E-state index contributed by atoms with van der Waals surface area (Å²) in [5.41, 5.74) is 0. The third kappa shape index (κ3) is 4.16. The highest BCUT2D eigenvalue weighted by Crippen LogP contribution is 2.13. The van der Waals surface area contributed by atoms with E-state index in [1.165, 1.54) is 6.07 Å². The first-order chi connectivity index (χ1) is 9.54. The van der Waals surface area contributed by atoms with Gasteiger partial charge in [-0.05, 0) is 26.0 Å². The SMILES string of the molecule is CC(C)NC(=O)CN1CCN(c2cccc(F)n2)CC1. The lowest BCUT2D eigenvalue weighted by Crippen LogP contribution is -2.50. The van der Waals surface area contributed by atoms with Crippen LogP contribution in [0.3, 0.4) is 0 Å². The summed E-state index contributed by atoms with van der Waals surface area (Å²) in [6, 6.07) is 4.99. The summed E-state index contributed by atoms with van der Waals surface area (Å²) in [6.07, 6.45) is 0. The van der Waals surface area contributed by atoms with Gasteiger partial charge in [0, 0.05) is 32.2 Å². The third-order valence-corrected chi connectivity index (χ3v) is 3.21. The minimum absolute atomic E-state index is 0.0531. The van der Waals surface area contributed by atoms with Crippen molar-refractivity contribution in [3.05, 3.63) is 24.1 Å². The number of rotatable bonds is 4. The first-order valence-electron chi connectivity index (χ1n) is 6.94. The maximum atomic E-state index is 13.1. The fraction of sp³-hybridized carbons (Fsp3) is 0.571. The Kier molecular flexibility index (Phi) is 4.89. The van der Waals surface area contributed by atoms with Gasteiger partial charge in [0.05, 0.1) is 6.54 Å². The van der Waals surface area contributed by atoms with Crippen LogP contribution in [0.1, 0.15) is 13.8 Å². The summed E-state index contributed by atoms with van der Waals surface area (Å²) in [4.78, 5) is 19.7. The zero-order chi connectivity index (χ0) is 14.5. The molecule has 110 valence electrons. The van der Waals surface area contributed by atoms with Crippen molar-refractivity contribution in [2.75, 3.05) is 37.6 Å². The van der Waals surface area contributed by atoms with Crippen LogP contribution in [-0.4, -0.2) is 54.6 Å². The van der Waals surface area contributed by atoms with Crippen LogP contribution >= 0.6 is 0 Å². The molecule has 2 heterocycles. The highest BCUT2D eigenvalue weighted by atomic mass is 19.1. The molecule has 1 aliphatic rings. The molecule has 0 aromatic carbocycles. The zero-order valence-corrected chi connectivity index (χ0v) is 12.0. The van der Waals surface area contributed by atoms with Gasteiger partial charge in [0.15, 0.2) is 0 Å². The fourth-order valence-electron chi connectivity index (χ4n) is 2.28. The molecule has 0 saturated carbocycles. The Bertz CT molecular complexity index is 458. The molecule has 1 aromatic heterocycles. The van der Waals surface area contributed by atoms with E-state index < -0.39 is 5.95 Å². The predicted molar refractivity (Wildman–Crippen MR) is 76.1 cm³/mol. The molecule has 20 heavy (non-hydrogen) atoms. The molecule has 6 heteroatoms. The number of aromatic nitrogens is 1. The van der Waals surface area contributed by atoms with Crippen LogP contribution in [0.5, 0.6) is 0 Å². The molecule has 0 bridgehead atoms. The van der Waals surface area contributed by atoms with Crippen molar-refractivity contribution in [3.63, 3.8) is 0 Å². The molecule has 1 N–H and O–H groups in total. The van der Waals surface area contributed by atoms with Crippen molar-refractivity contribution >= 4 is 11.7 Å². The smallest absolute Gasteiger partial charge is 0.234 e. The van der Waals surface area contributed by atoms with Crippen LogP contribution < -0.4 is 10.2 Å². The molecule has 0 spiro atoms. The van der Waals surface area contributed by atoms with Gasteiger partial charge in [0.1, 0.15) is 5.82 Å². The monoisotopic (exact) mass is 280 g/mol. The van der Waals surface area contributed by atoms with Crippen LogP contribution in [0, 0.1) is 5.95 Å². The maximum absolute atomic E-state index is 13.1. The highest BCUT2D eigenvalue weighted by molar-refractivity contribution is 5.78. The first-order valence-corrected chi connectivity index (χ1v) is 6.94. The minimum atomic E-state index is -0.457. The van der Waals surface area contributed by atoms with Crippen molar-refractivity contribution in [1.29, 1.82) is 0 Å². The van der Waals surface area contributed by atoms with Gasteiger partial charge in [-0.15, -0.1) is 0 Å². The molecule has 1 aliphatic heterocycles. The summed E-state index contributed by atoms with van der Waals surface area (Å²) >= 11 is 0. The number of piperazine rings is 1. The molecule has 0 aliphatic carbocycles. The lowest BCUT2D eigenvalue weighted by atomic mass is 10.3. The highest BCUT2D eigenvalue weighted by Gasteiger charge is 2.20. The molecule has 2 rings (SSSR count). The van der Waals surface area contributed by atoms with E-state index in [9.17, 15) is 9.18 Å². The second-order valence-electron chi connectivity index (χ2n) is 5.30. The summed E-state index contributed by atoms with van der Waals surface area (Å²) in [5, 5.41) is 2.88. The van der Waals surface area contributed by atoms with Gasteiger partial charge >= 0.3 is 0 Å². The van der Waals surface area contributed by atoms with Crippen molar-refractivity contribution in [2.45, 2.75) is 19.9 Å². The summed E-state index contributed by atoms with van der Waals surface area (Å²) in [7, 11) is 0. The summed E-state index contributed by atoms with van der Waals surface area (Å²) in [5.74, 6) is 0.259. The molecule has 1 fully saturated rings. The Morgan fingerprint density at radius 3 is 2.65 bits per heavy atom. The molecule has 1 saturated heterocycles. The van der Waals surface area contributed by atoms with E-state index in [1.54, 1.807) is 6.07 Å². The van der Waals surface area contributed by atoms with Crippen molar-refractivity contribution < 1.29 is 9.18 Å². The van der Waals surface area contributed by atoms with E-state index in [2.05, 4.69) is 15.2 Å². The number of halogens is 1. The van der Waals surface area contributed by atoms with E-state index in [-0.39, 0.29) is 11.9 Å². The second kappa shape index (κ2) is 6.65. The number of nitrogens with one attached hydrogen (secondary N) is 1. The van der Waals surface area contributed by atoms with E-state index in [1.807, 2.05) is 24.8 Å². The number of hydrogen-bond acceptors (Lipinski definition) is 4. The number of anilines is 1. The average Bonchev–Trinajstić information content (AvgIpc) is 2.38. The van der Waals surface area contributed by atoms with Crippen molar-refractivity contribution in [1.82, 2.24) is 15.2 Å². The molecular weight excluding hydrogens is 259 g/mol. The number of carbonyl (C=O) groups is 1. The topological polar surface area (TPSA) is 48.5 Å². The van der Waals surface area contributed by atoms with E-state index in [0.717, 1.165) is 26.2 Å². The minimum Gasteiger partial charge on any atom is -0.354 e. The number of pyridine rings is 1. The lowest BCUT2D eigenvalue weighted by Gasteiger charge is -2.35. The fourth-order valence-corrected chi connectivity index (χ4v) is 2.28. The maximum Gasteiger partial charge on any atom is 0.234 e. The quantitative estimate of drug-likeness (QED) is 0.831. The third-order valence-electron chi connectivity index (χ3n) is 3.21. The Balaban J connectivity index is 1.82. The normalized spacial score (nSPS) is 16.5. The van der Waals surface area contributed by atoms with Crippen molar-refractivity contribution in [3.8, 4) is 0 Å². The van der Waals surface area contributed by atoms with Gasteiger partial charge in [-0.25, -0.2) is 4.98 Å². The molecular formula is C14H21FN4O. The van der Waals surface area contributed by atoms with E-state index in [0.29, 0.717) is 12.4 Å². The second-order valence-corrected chi connectivity index (χ2v) is 5.30. The number of amides is 1. The molecule has 0 radical (unpaired) electrons. The average molecular weight is 280 g/mol. The van der Waals surface area contributed by atoms with Crippen LogP contribution in [0.25, 0.3) is 0 Å². The van der Waals surface area contributed by atoms with Crippen molar-refractivity contribution in [2.24, 2.45) is 0 Å². The molecule has 0 unspecified atom stereocenters. The molecule has 1 aromatic rings. The van der Waals surface area contributed by atoms with Crippen LogP contribution in [-0.2, 0) is 4.79 Å². The van der Waals surface area contributed by atoms with Gasteiger partial charge in [-0.3, -0.25) is 9.69 Å². The van der Waals surface area contributed by atoms with E-state index >= 15 is 0 Å². The van der Waals surface area contributed by atoms with Gasteiger partial charge < -0.3 is 10.2 Å². The van der Waals surface area contributed by atoms with Crippen LogP contribution in [0.2, 0.25) is 0 Å². The van der Waals surface area contributed by atoms with E-state index in [4.69, 9.17) is 0 Å². The first kappa shape index (κ1) is 14.7.